The zero-order valence-electron chi connectivity index (χ0n) is 8.84. The zero-order valence-corrected chi connectivity index (χ0v) is 8.84. The first-order chi connectivity index (χ1) is 7.97. The Labute approximate surface area is 96.6 Å². The van der Waals surface area contributed by atoms with Gasteiger partial charge < -0.3 is 5.73 Å². The van der Waals surface area contributed by atoms with Crippen LogP contribution in [0.1, 0.15) is 27.9 Å². The van der Waals surface area contributed by atoms with Gasteiger partial charge in [-0.05, 0) is 18.2 Å². The number of alkyl halides is 3. The minimum absolute atomic E-state index is 0.0446. The SMILES string of the molecule is NCCC#Cc1cc(C=O)cc(C(F)(F)F)c1. The van der Waals surface area contributed by atoms with Crippen LogP contribution in [0.2, 0.25) is 0 Å². The molecule has 5 heteroatoms. The topological polar surface area (TPSA) is 43.1 Å². The van der Waals surface area contributed by atoms with Gasteiger partial charge in [-0.15, -0.1) is 0 Å². The van der Waals surface area contributed by atoms with E-state index in [-0.39, 0.29) is 11.1 Å². The van der Waals surface area contributed by atoms with Crippen LogP contribution in [0.15, 0.2) is 18.2 Å². The Bertz CT molecular complexity index is 469. The van der Waals surface area contributed by atoms with E-state index in [1.54, 1.807) is 0 Å². The van der Waals surface area contributed by atoms with Crippen LogP contribution >= 0.6 is 0 Å². The molecular formula is C12H10F3NO. The van der Waals surface area contributed by atoms with Crippen molar-refractivity contribution in [2.45, 2.75) is 12.6 Å². The highest BCUT2D eigenvalue weighted by Gasteiger charge is 2.31. The van der Waals surface area contributed by atoms with Gasteiger partial charge >= 0.3 is 6.18 Å². The molecule has 0 unspecified atom stereocenters. The maximum atomic E-state index is 12.5. The molecule has 0 aromatic heterocycles. The van der Waals surface area contributed by atoms with Crippen molar-refractivity contribution in [3.8, 4) is 11.8 Å². The van der Waals surface area contributed by atoms with Crippen molar-refractivity contribution in [2.75, 3.05) is 6.54 Å². The van der Waals surface area contributed by atoms with Gasteiger partial charge in [-0.3, -0.25) is 4.79 Å². The van der Waals surface area contributed by atoms with E-state index in [1.165, 1.54) is 6.07 Å². The van der Waals surface area contributed by atoms with E-state index in [0.717, 1.165) is 12.1 Å². The summed E-state index contributed by atoms with van der Waals surface area (Å²) in [4.78, 5) is 10.5. The highest BCUT2D eigenvalue weighted by atomic mass is 19.4. The lowest BCUT2D eigenvalue weighted by Crippen LogP contribution is -2.06. The predicted molar refractivity (Wildman–Crippen MR) is 57.4 cm³/mol. The monoisotopic (exact) mass is 241 g/mol. The molecule has 0 saturated carbocycles. The summed E-state index contributed by atoms with van der Waals surface area (Å²) >= 11 is 0. The van der Waals surface area contributed by atoms with Crippen molar-refractivity contribution >= 4 is 6.29 Å². The molecule has 0 fully saturated rings. The molecule has 0 saturated heterocycles. The minimum atomic E-state index is -4.48. The molecule has 1 aromatic rings. The van der Waals surface area contributed by atoms with Crippen LogP contribution in [0.25, 0.3) is 0 Å². The van der Waals surface area contributed by atoms with E-state index in [0.29, 0.717) is 19.3 Å². The fraction of sp³-hybridized carbons (Fsp3) is 0.250. The molecule has 0 bridgehead atoms. The number of carbonyl (C=O) groups is 1. The van der Waals surface area contributed by atoms with Gasteiger partial charge in [0.05, 0.1) is 5.56 Å². The van der Waals surface area contributed by atoms with Crippen LogP contribution < -0.4 is 5.73 Å². The van der Waals surface area contributed by atoms with Crippen molar-refractivity contribution in [3.05, 3.63) is 34.9 Å². The van der Waals surface area contributed by atoms with Crippen LogP contribution in [0.3, 0.4) is 0 Å². The Kier molecular flexibility index (Phi) is 4.30. The van der Waals surface area contributed by atoms with Crippen LogP contribution in [0, 0.1) is 11.8 Å². The molecule has 0 spiro atoms. The van der Waals surface area contributed by atoms with Crippen molar-refractivity contribution in [1.29, 1.82) is 0 Å². The molecule has 2 nitrogen and oxygen atoms in total. The summed E-state index contributed by atoms with van der Waals surface area (Å²) in [5.41, 5.74) is 4.45. The predicted octanol–water partition coefficient (Wildman–Crippen LogP) is 2.22. The van der Waals surface area contributed by atoms with Gasteiger partial charge in [0.2, 0.25) is 0 Å². The van der Waals surface area contributed by atoms with Crippen molar-refractivity contribution in [1.82, 2.24) is 0 Å². The Hall–Kier alpha value is -1.80. The lowest BCUT2D eigenvalue weighted by atomic mass is 10.1. The molecule has 90 valence electrons. The molecule has 17 heavy (non-hydrogen) atoms. The molecule has 0 heterocycles. The first-order valence-corrected chi connectivity index (χ1v) is 4.84. The summed E-state index contributed by atoms with van der Waals surface area (Å²) in [5, 5.41) is 0. The summed E-state index contributed by atoms with van der Waals surface area (Å²) in [6, 6.07) is 3.02. The lowest BCUT2D eigenvalue weighted by molar-refractivity contribution is -0.137. The number of aldehydes is 1. The van der Waals surface area contributed by atoms with E-state index in [4.69, 9.17) is 5.73 Å². The Morgan fingerprint density at radius 2 is 2.00 bits per heavy atom. The molecule has 0 radical (unpaired) electrons. The van der Waals surface area contributed by atoms with Crippen molar-refractivity contribution in [2.24, 2.45) is 5.73 Å². The Morgan fingerprint density at radius 1 is 1.29 bits per heavy atom. The summed E-state index contributed by atoms with van der Waals surface area (Å²) in [6.07, 6.45) is -3.72. The third kappa shape index (κ3) is 3.93. The van der Waals surface area contributed by atoms with E-state index in [9.17, 15) is 18.0 Å². The second-order valence-electron chi connectivity index (χ2n) is 3.30. The summed E-state index contributed by atoms with van der Waals surface area (Å²) < 4.78 is 37.5. The molecule has 0 amide bonds. The maximum absolute atomic E-state index is 12.5. The number of hydrogen-bond donors (Lipinski definition) is 1. The van der Waals surface area contributed by atoms with E-state index in [1.807, 2.05) is 0 Å². The molecule has 0 aliphatic heterocycles. The highest BCUT2D eigenvalue weighted by molar-refractivity contribution is 5.76. The van der Waals surface area contributed by atoms with Gasteiger partial charge in [0.1, 0.15) is 6.29 Å². The van der Waals surface area contributed by atoms with Gasteiger partial charge in [0, 0.05) is 24.1 Å². The molecule has 0 atom stereocenters. The lowest BCUT2D eigenvalue weighted by Gasteiger charge is -2.07. The van der Waals surface area contributed by atoms with Crippen LogP contribution in [-0.4, -0.2) is 12.8 Å². The largest absolute Gasteiger partial charge is 0.416 e. The summed E-state index contributed by atoms with van der Waals surface area (Å²) in [7, 11) is 0. The molecule has 1 aromatic carbocycles. The fourth-order valence-electron chi connectivity index (χ4n) is 1.19. The quantitative estimate of drug-likeness (QED) is 0.637. The highest BCUT2D eigenvalue weighted by Crippen LogP contribution is 2.30. The van der Waals surface area contributed by atoms with Crippen LogP contribution in [0.5, 0.6) is 0 Å². The van der Waals surface area contributed by atoms with Gasteiger partial charge in [0.15, 0.2) is 0 Å². The molecular weight excluding hydrogens is 231 g/mol. The van der Waals surface area contributed by atoms with E-state index < -0.39 is 11.7 Å². The van der Waals surface area contributed by atoms with Gasteiger partial charge in [-0.1, -0.05) is 11.8 Å². The third-order valence-electron chi connectivity index (χ3n) is 1.92. The van der Waals surface area contributed by atoms with Crippen molar-refractivity contribution < 1.29 is 18.0 Å². The van der Waals surface area contributed by atoms with Gasteiger partial charge in [0.25, 0.3) is 0 Å². The number of hydrogen-bond acceptors (Lipinski definition) is 2. The van der Waals surface area contributed by atoms with Crippen LogP contribution in [0.4, 0.5) is 13.2 Å². The summed E-state index contributed by atoms with van der Waals surface area (Å²) in [6.45, 7) is 0.340. The normalized spacial score (nSPS) is 10.6. The van der Waals surface area contributed by atoms with E-state index >= 15 is 0 Å². The second kappa shape index (κ2) is 5.51. The van der Waals surface area contributed by atoms with Gasteiger partial charge in [-0.2, -0.15) is 13.2 Å². The van der Waals surface area contributed by atoms with Gasteiger partial charge in [-0.25, -0.2) is 0 Å². The second-order valence-corrected chi connectivity index (χ2v) is 3.30. The fourth-order valence-corrected chi connectivity index (χ4v) is 1.19. The molecule has 1 rings (SSSR count). The smallest absolute Gasteiger partial charge is 0.330 e. The maximum Gasteiger partial charge on any atom is 0.416 e. The Morgan fingerprint density at radius 3 is 2.53 bits per heavy atom. The number of rotatable bonds is 2. The molecule has 2 N–H and O–H groups in total. The summed E-state index contributed by atoms with van der Waals surface area (Å²) in [5.74, 6) is 5.17. The standard InChI is InChI=1S/C12H10F3NO/c13-12(14,15)11-6-9(3-1-2-4-16)5-10(7-11)8-17/h5-8H,2,4,16H2. The number of halogens is 3. The number of benzene rings is 1. The Balaban J connectivity index is 3.16. The minimum Gasteiger partial charge on any atom is -0.330 e. The molecule has 0 aliphatic rings. The molecule has 0 aliphatic carbocycles. The number of nitrogens with two attached hydrogens (primary N) is 1. The zero-order chi connectivity index (χ0) is 12.9. The van der Waals surface area contributed by atoms with Crippen LogP contribution in [-0.2, 0) is 6.18 Å². The average Bonchev–Trinajstić information content (AvgIpc) is 2.28. The first kappa shape index (κ1) is 13.3. The van der Waals surface area contributed by atoms with Crippen molar-refractivity contribution in [3.63, 3.8) is 0 Å². The third-order valence-corrected chi connectivity index (χ3v) is 1.92. The average molecular weight is 241 g/mol. The number of carbonyl (C=O) groups excluding carboxylic acids is 1. The first-order valence-electron chi connectivity index (χ1n) is 4.84. The van der Waals surface area contributed by atoms with E-state index in [2.05, 4.69) is 11.8 Å².